The zero-order valence-corrected chi connectivity index (χ0v) is 24.2. The van der Waals surface area contributed by atoms with Crippen molar-refractivity contribution in [3.05, 3.63) is 47.0 Å². The van der Waals surface area contributed by atoms with E-state index in [4.69, 9.17) is 4.74 Å². The van der Waals surface area contributed by atoms with Crippen LogP contribution in [0.2, 0.25) is 0 Å². The molecule has 0 saturated carbocycles. The van der Waals surface area contributed by atoms with Gasteiger partial charge in [0.25, 0.3) is 5.91 Å². The van der Waals surface area contributed by atoms with Gasteiger partial charge in [0.1, 0.15) is 10.8 Å². The third-order valence-electron chi connectivity index (χ3n) is 6.33. The van der Waals surface area contributed by atoms with E-state index in [2.05, 4.69) is 47.6 Å². The second-order valence-electron chi connectivity index (χ2n) is 8.68. The van der Waals surface area contributed by atoms with Crippen LogP contribution in [0.5, 0.6) is 0 Å². The standard InChI is InChI=1S/C23H21Br2F3N4O3S2/c1-2-35-22(34)16-10-5-3-4-6-12(10)37-21(16)30-20(33)18-17(25)19-29-11(13-7-8-15(24)36-13)9-14(23(26,27)28)32(19)31-18/h7-8,11,14,29H,2-6,9H2,1H3,(H,30,33)/t11-,14-/m1/s1. The number of carbonyl (C=O) groups excluding carboxylic acids is 2. The third kappa shape index (κ3) is 5.09. The molecule has 4 heterocycles. The van der Waals surface area contributed by atoms with E-state index in [1.807, 2.05) is 0 Å². The molecule has 14 heteroatoms. The molecule has 7 nitrogen and oxygen atoms in total. The summed E-state index contributed by atoms with van der Waals surface area (Å²) in [4.78, 5) is 27.8. The Balaban J connectivity index is 1.50. The number of nitrogens with one attached hydrogen (secondary N) is 2. The van der Waals surface area contributed by atoms with Crippen molar-refractivity contribution in [3.8, 4) is 0 Å². The number of nitrogens with zero attached hydrogens (tertiary/aromatic N) is 2. The normalized spacial score (nSPS) is 19.1. The third-order valence-corrected chi connectivity index (χ3v) is 10.0. The maximum Gasteiger partial charge on any atom is 0.410 e. The smallest absolute Gasteiger partial charge is 0.410 e. The Morgan fingerprint density at radius 3 is 2.68 bits per heavy atom. The summed E-state index contributed by atoms with van der Waals surface area (Å²) in [6.45, 7) is 1.89. The van der Waals surface area contributed by atoms with Crippen LogP contribution in [0.1, 0.15) is 74.4 Å². The van der Waals surface area contributed by atoms with Crippen molar-refractivity contribution in [1.82, 2.24) is 9.78 Å². The Hall–Kier alpha value is -1.90. The Morgan fingerprint density at radius 1 is 1.24 bits per heavy atom. The van der Waals surface area contributed by atoms with Crippen LogP contribution in [0.4, 0.5) is 24.0 Å². The number of aryl methyl sites for hydroxylation is 1. The molecule has 0 unspecified atom stereocenters. The molecule has 0 saturated heterocycles. The number of anilines is 2. The quantitative estimate of drug-likeness (QED) is 0.273. The van der Waals surface area contributed by atoms with Gasteiger partial charge in [-0.3, -0.25) is 4.79 Å². The van der Waals surface area contributed by atoms with Gasteiger partial charge in [0.15, 0.2) is 11.7 Å². The molecule has 1 aliphatic carbocycles. The highest BCUT2D eigenvalue weighted by Gasteiger charge is 2.48. The van der Waals surface area contributed by atoms with Gasteiger partial charge in [-0.1, -0.05) is 0 Å². The van der Waals surface area contributed by atoms with Gasteiger partial charge in [0, 0.05) is 16.2 Å². The van der Waals surface area contributed by atoms with Crippen molar-refractivity contribution in [1.29, 1.82) is 0 Å². The van der Waals surface area contributed by atoms with E-state index < -0.39 is 30.1 Å². The Kier molecular flexibility index (Phi) is 7.46. The summed E-state index contributed by atoms with van der Waals surface area (Å²) in [6.07, 6.45) is -1.45. The maximum absolute atomic E-state index is 14.1. The van der Waals surface area contributed by atoms with E-state index in [-0.39, 0.29) is 29.0 Å². The van der Waals surface area contributed by atoms with Gasteiger partial charge < -0.3 is 15.4 Å². The number of amides is 1. The van der Waals surface area contributed by atoms with Crippen LogP contribution in [-0.2, 0) is 17.6 Å². The second kappa shape index (κ2) is 10.3. The molecule has 37 heavy (non-hydrogen) atoms. The van der Waals surface area contributed by atoms with Crippen LogP contribution in [0.15, 0.2) is 20.4 Å². The fourth-order valence-corrected chi connectivity index (χ4v) is 7.99. The number of hydrogen-bond donors (Lipinski definition) is 2. The van der Waals surface area contributed by atoms with E-state index in [1.165, 1.54) is 22.7 Å². The van der Waals surface area contributed by atoms with Gasteiger partial charge in [0.05, 0.1) is 26.5 Å². The summed E-state index contributed by atoms with van der Waals surface area (Å²) in [5, 5.41) is 10.3. The predicted molar refractivity (Wildman–Crippen MR) is 143 cm³/mol. The molecule has 5 rings (SSSR count). The molecule has 2 N–H and O–H groups in total. The number of fused-ring (bicyclic) bond motifs is 2. The lowest BCUT2D eigenvalue weighted by Gasteiger charge is -2.33. The van der Waals surface area contributed by atoms with Gasteiger partial charge in [0.2, 0.25) is 0 Å². The Morgan fingerprint density at radius 2 is 2.00 bits per heavy atom. The first-order valence-corrected chi connectivity index (χ1v) is 14.8. The Labute approximate surface area is 235 Å². The lowest BCUT2D eigenvalue weighted by atomic mass is 9.95. The van der Waals surface area contributed by atoms with Crippen LogP contribution < -0.4 is 10.6 Å². The maximum atomic E-state index is 14.1. The summed E-state index contributed by atoms with van der Waals surface area (Å²) in [7, 11) is 0. The minimum Gasteiger partial charge on any atom is -0.462 e. The largest absolute Gasteiger partial charge is 0.462 e. The highest BCUT2D eigenvalue weighted by atomic mass is 79.9. The summed E-state index contributed by atoms with van der Waals surface area (Å²) in [5.41, 5.74) is 0.993. The number of aromatic nitrogens is 2. The van der Waals surface area contributed by atoms with Crippen molar-refractivity contribution >= 4 is 77.2 Å². The molecule has 198 valence electrons. The fourth-order valence-electron chi connectivity index (χ4n) is 4.67. The van der Waals surface area contributed by atoms with Crippen molar-refractivity contribution in [3.63, 3.8) is 0 Å². The van der Waals surface area contributed by atoms with Crippen molar-refractivity contribution in [2.45, 2.75) is 57.3 Å². The van der Waals surface area contributed by atoms with Crippen LogP contribution >= 0.6 is 54.5 Å². The number of carbonyl (C=O) groups is 2. The average Bonchev–Trinajstić information content (AvgIpc) is 3.53. The van der Waals surface area contributed by atoms with Crippen LogP contribution in [0.25, 0.3) is 0 Å². The topological polar surface area (TPSA) is 85.2 Å². The summed E-state index contributed by atoms with van der Waals surface area (Å²) >= 11 is 9.32. The predicted octanol–water partition coefficient (Wildman–Crippen LogP) is 7.50. The van der Waals surface area contributed by atoms with Gasteiger partial charge in [-0.15, -0.1) is 22.7 Å². The molecule has 0 bridgehead atoms. The second-order valence-corrected chi connectivity index (χ2v) is 13.1. The van der Waals surface area contributed by atoms with E-state index >= 15 is 0 Å². The molecule has 2 aliphatic rings. The van der Waals surface area contributed by atoms with Crippen LogP contribution in [0.3, 0.4) is 0 Å². The zero-order valence-electron chi connectivity index (χ0n) is 19.4. The minimum atomic E-state index is -4.58. The minimum absolute atomic E-state index is 0.0735. The first-order valence-electron chi connectivity index (χ1n) is 11.6. The number of thiophene rings is 2. The summed E-state index contributed by atoms with van der Waals surface area (Å²) in [5.74, 6) is -1.16. The number of halogens is 5. The van der Waals surface area contributed by atoms with Crippen LogP contribution in [-0.4, -0.2) is 34.4 Å². The molecule has 0 aromatic carbocycles. The SMILES string of the molecule is CCOC(=O)c1c(NC(=O)c2nn3c(c2Br)N[C@@H](c2ccc(Br)s2)C[C@@H]3C(F)(F)F)sc2c1CCCC2. The lowest BCUT2D eigenvalue weighted by molar-refractivity contribution is -0.173. The molecule has 3 aromatic rings. The zero-order chi connectivity index (χ0) is 26.5. The Bertz CT molecular complexity index is 1370. The first kappa shape index (κ1) is 26.7. The molecule has 2 atom stereocenters. The fraction of sp³-hybridized carbons (Fsp3) is 0.435. The van der Waals surface area contributed by atoms with Gasteiger partial charge in [-0.25, -0.2) is 9.48 Å². The monoisotopic (exact) mass is 680 g/mol. The highest BCUT2D eigenvalue weighted by molar-refractivity contribution is 9.11. The molecule has 1 amide bonds. The number of ether oxygens (including phenoxy) is 1. The number of alkyl halides is 3. The molecule has 0 spiro atoms. The molecule has 3 aromatic heterocycles. The van der Waals surface area contributed by atoms with Gasteiger partial charge in [-0.2, -0.15) is 18.3 Å². The number of rotatable bonds is 5. The number of esters is 1. The van der Waals surface area contributed by atoms with Gasteiger partial charge >= 0.3 is 12.1 Å². The lowest BCUT2D eigenvalue weighted by Crippen LogP contribution is -2.35. The van der Waals surface area contributed by atoms with E-state index in [0.717, 1.165) is 43.0 Å². The van der Waals surface area contributed by atoms with E-state index in [1.54, 1.807) is 19.1 Å². The van der Waals surface area contributed by atoms with Crippen molar-refractivity contribution < 1.29 is 27.5 Å². The highest BCUT2D eigenvalue weighted by Crippen LogP contribution is 2.48. The average molecular weight is 682 g/mol. The first-order chi connectivity index (χ1) is 17.6. The molecular formula is C23H21Br2F3N4O3S2. The molecular weight excluding hydrogens is 661 g/mol. The van der Waals surface area contributed by atoms with E-state index in [0.29, 0.717) is 17.0 Å². The molecule has 1 aliphatic heterocycles. The molecule has 0 radical (unpaired) electrons. The van der Waals surface area contributed by atoms with Crippen molar-refractivity contribution in [2.75, 3.05) is 17.2 Å². The summed E-state index contributed by atoms with van der Waals surface area (Å²) < 4.78 is 49.2. The molecule has 0 fully saturated rings. The number of hydrogen-bond acceptors (Lipinski definition) is 7. The van der Waals surface area contributed by atoms with Crippen molar-refractivity contribution in [2.24, 2.45) is 0 Å². The van der Waals surface area contributed by atoms with E-state index in [9.17, 15) is 22.8 Å². The summed E-state index contributed by atoms with van der Waals surface area (Å²) in [6, 6.07) is 1.02. The van der Waals surface area contributed by atoms with Gasteiger partial charge in [-0.05, 0) is 82.2 Å². The van der Waals surface area contributed by atoms with Crippen LogP contribution in [0, 0.1) is 0 Å².